The first-order chi connectivity index (χ1) is 16.2. The van der Waals surface area contributed by atoms with Crippen LogP contribution in [0.5, 0.6) is 0 Å². The highest BCUT2D eigenvalue weighted by atomic mass is 79.9. The van der Waals surface area contributed by atoms with Gasteiger partial charge in [-0.3, -0.25) is 19.7 Å². The third kappa shape index (κ3) is 4.67. The third-order valence-electron chi connectivity index (χ3n) is 5.87. The summed E-state index contributed by atoms with van der Waals surface area (Å²) in [7, 11) is 0. The fourth-order valence-corrected chi connectivity index (χ4v) is 6.39. The SMILES string of the molecule is C[C@@]1(CBr)S[C@@H]2[C@H](NC(=O)Cc3ccccc3)C(=O)N2[C@H]1C(=O)OCc1ccc([N+](=O)[O-])cc1. The van der Waals surface area contributed by atoms with Crippen molar-refractivity contribution in [1.82, 2.24) is 10.2 Å². The number of rotatable bonds is 8. The number of alkyl halides is 1. The molecule has 2 fully saturated rings. The van der Waals surface area contributed by atoms with Gasteiger partial charge in [-0.1, -0.05) is 46.3 Å². The standard InChI is InChI=1S/C23H22BrN3O6S/c1-23(13-24)19(22(30)33-12-15-7-9-16(10-8-15)27(31)32)26-20(29)18(21(26)34-23)25-17(28)11-14-5-3-2-4-6-14/h2-10,18-19,21H,11-13H2,1H3,(H,25,28)/t18-,19+,21-,23+/m1/s1. The molecule has 0 aliphatic carbocycles. The number of amides is 2. The van der Waals surface area contributed by atoms with E-state index >= 15 is 0 Å². The van der Waals surface area contributed by atoms with Gasteiger partial charge >= 0.3 is 5.97 Å². The summed E-state index contributed by atoms with van der Waals surface area (Å²) in [5.74, 6) is -1.13. The van der Waals surface area contributed by atoms with E-state index in [0.29, 0.717) is 10.9 Å². The van der Waals surface area contributed by atoms with Crippen LogP contribution in [0.1, 0.15) is 18.1 Å². The zero-order valence-electron chi connectivity index (χ0n) is 18.2. The fourth-order valence-electron chi connectivity index (χ4n) is 4.07. The maximum atomic E-state index is 13.0. The van der Waals surface area contributed by atoms with Crippen molar-refractivity contribution in [2.75, 3.05) is 5.33 Å². The number of benzene rings is 2. The number of non-ortho nitro benzene ring substituents is 1. The van der Waals surface area contributed by atoms with Crippen LogP contribution in [0.15, 0.2) is 54.6 Å². The first kappa shape index (κ1) is 24.2. The van der Waals surface area contributed by atoms with Crippen LogP contribution < -0.4 is 5.32 Å². The molecule has 0 unspecified atom stereocenters. The number of β-lactam (4-membered cyclic amide) rings is 1. The molecule has 2 amide bonds. The molecule has 2 heterocycles. The number of halogens is 1. The molecule has 0 spiro atoms. The van der Waals surface area contributed by atoms with E-state index in [2.05, 4.69) is 21.2 Å². The number of thioether (sulfide) groups is 1. The molecule has 0 aromatic heterocycles. The maximum absolute atomic E-state index is 13.0. The zero-order valence-corrected chi connectivity index (χ0v) is 20.6. The molecule has 4 rings (SSSR count). The van der Waals surface area contributed by atoms with Crippen LogP contribution in [-0.2, 0) is 32.1 Å². The molecule has 0 bridgehead atoms. The second-order valence-corrected chi connectivity index (χ2v) is 10.6. The second-order valence-electron chi connectivity index (χ2n) is 8.34. The summed E-state index contributed by atoms with van der Waals surface area (Å²) in [4.78, 5) is 50.2. The summed E-state index contributed by atoms with van der Waals surface area (Å²) in [6.45, 7) is 1.80. The minimum Gasteiger partial charge on any atom is -0.459 e. The number of carbonyl (C=O) groups is 3. The monoisotopic (exact) mass is 547 g/mol. The van der Waals surface area contributed by atoms with E-state index < -0.39 is 27.7 Å². The van der Waals surface area contributed by atoms with Gasteiger partial charge in [-0.05, 0) is 30.2 Å². The molecule has 178 valence electrons. The maximum Gasteiger partial charge on any atom is 0.330 e. The quantitative estimate of drug-likeness (QED) is 0.177. The van der Waals surface area contributed by atoms with E-state index in [0.717, 1.165) is 5.56 Å². The van der Waals surface area contributed by atoms with Crippen molar-refractivity contribution < 1.29 is 24.0 Å². The molecule has 2 aliphatic heterocycles. The van der Waals surface area contributed by atoms with Crippen molar-refractivity contribution in [3.8, 4) is 0 Å². The van der Waals surface area contributed by atoms with Gasteiger partial charge in [-0.15, -0.1) is 11.8 Å². The Morgan fingerprint density at radius 3 is 2.47 bits per heavy atom. The molecule has 2 saturated heterocycles. The van der Waals surface area contributed by atoms with Gasteiger partial charge in [0.15, 0.2) is 0 Å². The van der Waals surface area contributed by atoms with Crippen LogP contribution in [0.25, 0.3) is 0 Å². The summed E-state index contributed by atoms with van der Waals surface area (Å²) in [5.41, 5.74) is 1.40. The third-order valence-corrected chi connectivity index (χ3v) is 9.05. The normalized spacial score (nSPS) is 25.3. The molecular weight excluding hydrogens is 526 g/mol. The number of nitro groups is 1. The molecule has 34 heavy (non-hydrogen) atoms. The molecule has 2 aliphatic rings. The summed E-state index contributed by atoms with van der Waals surface area (Å²) < 4.78 is 4.83. The molecule has 4 atom stereocenters. The first-order valence-electron chi connectivity index (χ1n) is 10.5. The van der Waals surface area contributed by atoms with E-state index in [1.807, 2.05) is 37.3 Å². The highest BCUT2D eigenvalue weighted by Crippen LogP contribution is 2.52. The van der Waals surface area contributed by atoms with Gasteiger partial charge < -0.3 is 15.0 Å². The van der Waals surface area contributed by atoms with Crippen LogP contribution >= 0.6 is 27.7 Å². The summed E-state index contributed by atoms with van der Waals surface area (Å²) >= 11 is 4.91. The molecule has 2 aromatic rings. The predicted molar refractivity (Wildman–Crippen MR) is 129 cm³/mol. The summed E-state index contributed by atoms with van der Waals surface area (Å²) in [6, 6.07) is 13.5. The Kier molecular flexibility index (Phi) is 6.94. The number of ether oxygens (including phenoxy) is 1. The Labute approximate surface area is 208 Å². The average Bonchev–Trinajstić information content (AvgIpc) is 3.12. The van der Waals surface area contributed by atoms with Gasteiger partial charge in [-0.25, -0.2) is 4.79 Å². The van der Waals surface area contributed by atoms with Crippen LogP contribution in [-0.4, -0.2) is 55.1 Å². The number of hydrogen-bond donors (Lipinski definition) is 1. The predicted octanol–water partition coefficient (Wildman–Crippen LogP) is 2.80. The van der Waals surface area contributed by atoms with Crippen molar-refractivity contribution in [2.45, 2.75) is 42.2 Å². The van der Waals surface area contributed by atoms with Crippen LogP contribution in [0.4, 0.5) is 5.69 Å². The lowest BCUT2D eigenvalue weighted by Crippen LogP contribution is -2.71. The molecule has 0 radical (unpaired) electrons. The van der Waals surface area contributed by atoms with E-state index in [-0.39, 0.29) is 35.9 Å². The van der Waals surface area contributed by atoms with Crippen molar-refractivity contribution in [3.63, 3.8) is 0 Å². The zero-order chi connectivity index (χ0) is 24.5. The Morgan fingerprint density at radius 2 is 1.85 bits per heavy atom. The van der Waals surface area contributed by atoms with Gasteiger partial charge in [0.1, 0.15) is 24.1 Å². The minimum atomic E-state index is -0.824. The number of nitrogens with one attached hydrogen (secondary N) is 1. The molecule has 11 heteroatoms. The highest BCUT2D eigenvalue weighted by Gasteiger charge is 2.65. The smallest absolute Gasteiger partial charge is 0.330 e. The summed E-state index contributed by atoms with van der Waals surface area (Å²) in [5, 5.41) is 13.7. The van der Waals surface area contributed by atoms with Crippen molar-refractivity contribution in [3.05, 3.63) is 75.8 Å². The van der Waals surface area contributed by atoms with Gasteiger partial charge in [0.05, 0.1) is 16.1 Å². The van der Waals surface area contributed by atoms with Crippen LogP contribution in [0, 0.1) is 10.1 Å². The minimum absolute atomic E-state index is 0.0523. The first-order valence-corrected chi connectivity index (χ1v) is 12.5. The Balaban J connectivity index is 1.40. The highest BCUT2D eigenvalue weighted by molar-refractivity contribution is 9.09. The number of esters is 1. The molecule has 9 nitrogen and oxygen atoms in total. The van der Waals surface area contributed by atoms with Crippen LogP contribution in [0.3, 0.4) is 0 Å². The Bertz CT molecular complexity index is 1120. The van der Waals surface area contributed by atoms with Gasteiger partial charge in [0.2, 0.25) is 11.8 Å². The molecule has 2 aromatic carbocycles. The van der Waals surface area contributed by atoms with E-state index in [1.54, 1.807) is 0 Å². The lowest BCUT2D eigenvalue weighted by atomic mass is 9.95. The van der Waals surface area contributed by atoms with Gasteiger partial charge in [0, 0.05) is 17.5 Å². The summed E-state index contributed by atoms with van der Waals surface area (Å²) in [6.07, 6.45) is 0.165. The number of nitro benzene ring substituents is 1. The Hall–Kier alpha value is -2.92. The number of nitrogens with zero attached hydrogens (tertiary/aromatic N) is 2. The van der Waals surface area contributed by atoms with E-state index in [9.17, 15) is 24.5 Å². The van der Waals surface area contributed by atoms with Crippen molar-refractivity contribution in [2.24, 2.45) is 0 Å². The number of fused-ring (bicyclic) bond motifs is 1. The van der Waals surface area contributed by atoms with Gasteiger partial charge in [-0.2, -0.15) is 0 Å². The van der Waals surface area contributed by atoms with E-state index in [1.165, 1.54) is 40.9 Å². The van der Waals surface area contributed by atoms with Crippen molar-refractivity contribution in [1.29, 1.82) is 0 Å². The lowest BCUT2D eigenvalue weighted by molar-refractivity contribution is -0.384. The largest absolute Gasteiger partial charge is 0.459 e. The molecule has 1 N–H and O–H groups in total. The number of hydrogen-bond acceptors (Lipinski definition) is 7. The average molecular weight is 548 g/mol. The molecule has 0 saturated carbocycles. The lowest BCUT2D eigenvalue weighted by Gasteiger charge is -2.44. The Morgan fingerprint density at radius 1 is 1.18 bits per heavy atom. The molecular formula is C23H22BrN3O6S. The topological polar surface area (TPSA) is 119 Å². The second kappa shape index (κ2) is 9.75. The van der Waals surface area contributed by atoms with Gasteiger partial charge in [0.25, 0.3) is 5.69 Å². The van der Waals surface area contributed by atoms with Crippen LogP contribution in [0.2, 0.25) is 0 Å². The number of carbonyl (C=O) groups excluding carboxylic acids is 3. The van der Waals surface area contributed by atoms with E-state index in [4.69, 9.17) is 4.74 Å². The van der Waals surface area contributed by atoms with Crippen molar-refractivity contribution >= 4 is 51.2 Å². The fraction of sp³-hybridized carbons (Fsp3) is 0.348.